The molecular formula is C18H23ClN2O. The lowest BCUT2D eigenvalue weighted by molar-refractivity contribution is -0.122. The molecule has 3 nitrogen and oxygen atoms in total. The Labute approximate surface area is 138 Å². The van der Waals surface area contributed by atoms with E-state index in [1.165, 1.54) is 5.56 Å². The van der Waals surface area contributed by atoms with Crippen molar-refractivity contribution in [2.45, 2.75) is 25.8 Å². The summed E-state index contributed by atoms with van der Waals surface area (Å²) in [6.45, 7) is 2.98. The molecule has 0 aliphatic heterocycles. The lowest BCUT2D eigenvalue weighted by Crippen LogP contribution is -2.33. The van der Waals surface area contributed by atoms with Crippen LogP contribution in [0.2, 0.25) is 0 Å². The Morgan fingerprint density at radius 2 is 1.64 bits per heavy atom. The Balaban J connectivity index is 0.00000242. The summed E-state index contributed by atoms with van der Waals surface area (Å²) in [6.07, 6.45) is 0.963. The summed E-state index contributed by atoms with van der Waals surface area (Å²) in [5, 5.41) is 3.00. The van der Waals surface area contributed by atoms with Crippen LogP contribution in [0.25, 0.3) is 0 Å². The monoisotopic (exact) mass is 318 g/mol. The standard InChI is InChI=1S/C18H22N2O.ClH/c1-2-14-8-6-7-11-16(14)13-20-18(21)17(12-19)15-9-4-3-5-10-15;/h3-11,17H,2,12-13,19H2,1H3,(H,20,21);1H. The first-order chi connectivity index (χ1) is 10.3. The van der Waals surface area contributed by atoms with Gasteiger partial charge in [-0.1, -0.05) is 61.5 Å². The van der Waals surface area contributed by atoms with Crippen molar-refractivity contribution in [2.24, 2.45) is 5.73 Å². The number of halogens is 1. The third-order valence-electron chi connectivity index (χ3n) is 3.71. The molecule has 1 unspecified atom stereocenters. The van der Waals surface area contributed by atoms with Crippen molar-refractivity contribution in [3.8, 4) is 0 Å². The number of rotatable bonds is 6. The fraction of sp³-hybridized carbons (Fsp3) is 0.278. The molecule has 4 heteroatoms. The van der Waals surface area contributed by atoms with E-state index in [2.05, 4.69) is 24.4 Å². The fourth-order valence-electron chi connectivity index (χ4n) is 2.46. The van der Waals surface area contributed by atoms with E-state index in [0.29, 0.717) is 13.1 Å². The van der Waals surface area contributed by atoms with Crippen molar-refractivity contribution in [1.29, 1.82) is 0 Å². The van der Waals surface area contributed by atoms with Gasteiger partial charge in [0.1, 0.15) is 0 Å². The molecule has 3 N–H and O–H groups in total. The number of nitrogens with one attached hydrogen (secondary N) is 1. The highest BCUT2D eigenvalue weighted by atomic mass is 35.5. The van der Waals surface area contributed by atoms with E-state index >= 15 is 0 Å². The number of benzene rings is 2. The summed E-state index contributed by atoms with van der Waals surface area (Å²) >= 11 is 0. The van der Waals surface area contributed by atoms with Gasteiger partial charge >= 0.3 is 0 Å². The zero-order valence-electron chi connectivity index (χ0n) is 12.8. The van der Waals surface area contributed by atoms with Gasteiger partial charge in [-0.15, -0.1) is 12.4 Å². The van der Waals surface area contributed by atoms with Crippen LogP contribution in [0.15, 0.2) is 54.6 Å². The summed E-state index contributed by atoms with van der Waals surface area (Å²) in [6, 6.07) is 17.9. The summed E-state index contributed by atoms with van der Waals surface area (Å²) < 4.78 is 0. The van der Waals surface area contributed by atoms with E-state index in [1.54, 1.807) is 0 Å². The van der Waals surface area contributed by atoms with Crippen molar-refractivity contribution in [1.82, 2.24) is 5.32 Å². The molecule has 1 atom stereocenters. The maximum atomic E-state index is 12.4. The Morgan fingerprint density at radius 1 is 1.05 bits per heavy atom. The number of hydrogen-bond acceptors (Lipinski definition) is 2. The van der Waals surface area contributed by atoms with Crippen LogP contribution in [0.3, 0.4) is 0 Å². The number of hydrogen-bond donors (Lipinski definition) is 2. The van der Waals surface area contributed by atoms with Gasteiger partial charge in [0, 0.05) is 13.1 Å². The molecule has 0 bridgehead atoms. The van der Waals surface area contributed by atoms with Crippen LogP contribution >= 0.6 is 12.4 Å². The predicted molar refractivity (Wildman–Crippen MR) is 93.2 cm³/mol. The second kappa shape index (κ2) is 9.23. The molecule has 1 amide bonds. The van der Waals surface area contributed by atoms with Crippen molar-refractivity contribution >= 4 is 18.3 Å². The molecule has 0 spiro atoms. The average molecular weight is 319 g/mol. The van der Waals surface area contributed by atoms with E-state index in [9.17, 15) is 4.79 Å². The highest BCUT2D eigenvalue weighted by molar-refractivity contribution is 5.85. The summed E-state index contributed by atoms with van der Waals surface area (Å²) in [5.74, 6) is -0.311. The fourth-order valence-corrected chi connectivity index (χ4v) is 2.46. The number of nitrogens with two attached hydrogens (primary N) is 1. The lowest BCUT2D eigenvalue weighted by atomic mass is 9.98. The Hall–Kier alpha value is -1.84. The van der Waals surface area contributed by atoms with Crippen LogP contribution in [-0.4, -0.2) is 12.5 Å². The lowest BCUT2D eigenvalue weighted by Gasteiger charge is -2.16. The van der Waals surface area contributed by atoms with Gasteiger partial charge in [0.05, 0.1) is 5.92 Å². The van der Waals surface area contributed by atoms with Gasteiger partial charge in [-0.05, 0) is 23.1 Å². The van der Waals surface area contributed by atoms with Crippen LogP contribution in [-0.2, 0) is 17.8 Å². The van der Waals surface area contributed by atoms with Crippen molar-refractivity contribution in [3.05, 3.63) is 71.3 Å². The summed E-state index contributed by atoms with van der Waals surface area (Å²) in [4.78, 5) is 12.4. The smallest absolute Gasteiger partial charge is 0.229 e. The molecule has 0 aliphatic rings. The third-order valence-corrected chi connectivity index (χ3v) is 3.71. The largest absolute Gasteiger partial charge is 0.351 e. The minimum atomic E-state index is -0.292. The molecule has 0 aromatic heterocycles. The van der Waals surface area contributed by atoms with E-state index in [1.807, 2.05) is 42.5 Å². The first kappa shape index (κ1) is 18.2. The zero-order valence-corrected chi connectivity index (χ0v) is 13.6. The van der Waals surface area contributed by atoms with Gasteiger partial charge in [-0.2, -0.15) is 0 Å². The molecule has 0 saturated carbocycles. The van der Waals surface area contributed by atoms with Crippen LogP contribution in [0.4, 0.5) is 0 Å². The second-order valence-corrected chi connectivity index (χ2v) is 5.04. The van der Waals surface area contributed by atoms with E-state index < -0.39 is 0 Å². The van der Waals surface area contributed by atoms with Gasteiger partial charge in [0.25, 0.3) is 0 Å². The normalized spacial score (nSPS) is 11.4. The van der Waals surface area contributed by atoms with Crippen LogP contribution in [0.1, 0.15) is 29.5 Å². The Morgan fingerprint density at radius 3 is 2.23 bits per heavy atom. The maximum Gasteiger partial charge on any atom is 0.229 e. The molecule has 2 aromatic rings. The molecule has 0 heterocycles. The number of carbonyl (C=O) groups is 1. The number of carbonyl (C=O) groups excluding carboxylic acids is 1. The molecule has 0 radical (unpaired) electrons. The number of aryl methyl sites for hydroxylation is 1. The molecule has 22 heavy (non-hydrogen) atoms. The van der Waals surface area contributed by atoms with Gasteiger partial charge in [-0.25, -0.2) is 0 Å². The quantitative estimate of drug-likeness (QED) is 0.860. The van der Waals surface area contributed by atoms with E-state index in [0.717, 1.165) is 17.5 Å². The predicted octanol–water partition coefficient (Wildman–Crippen LogP) is 3.03. The van der Waals surface area contributed by atoms with E-state index in [4.69, 9.17) is 5.73 Å². The minimum absolute atomic E-state index is 0. The zero-order chi connectivity index (χ0) is 15.1. The maximum absolute atomic E-state index is 12.4. The molecule has 0 saturated heterocycles. The van der Waals surface area contributed by atoms with Gasteiger partial charge in [0.2, 0.25) is 5.91 Å². The average Bonchev–Trinajstić information content (AvgIpc) is 2.55. The second-order valence-electron chi connectivity index (χ2n) is 5.04. The van der Waals surface area contributed by atoms with Gasteiger partial charge in [-0.3, -0.25) is 4.79 Å². The van der Waals surface area contributed by atoms with Gasteiger partial charge < -0.3 is 11.1 Å². The topological polar surface area (TPSA) is 55.1 Å². The Bertz CT molecular complexity index is 587. The molecule has 2 aromatic carbocycles. The summed E-state index contributed by atoms with van der Waals surface area (Å²) in [7, 11) is 0. The number of amides is 1. The van der Waals surface area contributed by atoms with E-state index in [-0.39, 0.29) is 24.2 Å². The molecule has 0 fully saturated rings. The molecule has 2 rings (SSSR count). The van der Waals surface area contributed by atoms with Gasteiger partial charge in [0.15, 0.2) is 0 Å². The molecular weight excluding hydrogens is 296 g/mol. The van der Waals surface area contributed by atoms with Crippen LogP contribution in [0.5, 0.6) is 0 Å². The highest BCUT2D eigenvalue weighted by Crippen LogP contribution is 2.15. The van der Waals surface area contributed by atoms with Crippen molar-refractivity contribution in [2.75, 3.05) is 6.54 Å². The SMILES string of the molecule is CCc1ccccc1CNC(=O)C(CN)c1ccccc1.Cl. The molecule has 0 aliphatic carbocycles. The first-order valence-electron chi connectivity index (χ1n) is 7.35. The first-order valence-corrected chi connectivity index (χ1v) is 7.35. The summed E-state index contributed by atoms with van der Waals surface area (Å²) in [5.41, 5.74) is 9.16. The van der Waals surface area contributed by atoms with Crippen LogP contribution < -0.4 is 11.1 Å². The molecule has 118 valence electrons. The third kappa shape index (κ3) is 4.58. The van der Waals surface area contributed by atoms with Crippen molar-refractivity contribution < 1.29 is 4.79 Å². The Kier molecular flexibility index (Phi) is 7.64. The minimum Gasteiger partial charge on any atom is -0.351 e. The van der Waals surface area contributed by atoms with Crippen molar-refractivity contribution in [3.63, 3.8) is 0 Å². The highest BCUT2D eigenvalue weighted by Gasteiger charge is 2.18. The van der Waals surface area contributed by atoms with Crippen LogP contribution in [0, 0.1) is 0 Å².